The highest BCUT2D eigenvalue weighted by Gasteiger charge is 2.19. The van der Waals surface area contributed by atoms with E-state index in [0.29, 0.717) is 0 Å². The van der Waals surface area contributed by atoms with Crippen LogP contribution in [0.25, 0.3) is 0 Å². The first-order chi connectivity index (χ1) is 11.8. The first-order valence-electron chi connectivity index (χ1n) is 8.59. The Hall–Kier alpha value is -1.85. The van der Waals surface area contributed by atoms with Crippen molar-refractivity contribution in [2.45, 2.75) is 13.0 Å². The molecular formula is C19H26N4S. The zero-order chi connectivity index (χ0) is 16.6. The Balaban J connectivity index is 1.42. The van der Waals surface area contributed by atoms with E-state index in [1.807, 2.05) is 18.4 Å². The number of thiophene rings is 1. The average Bonchev–Trinajstić information content (AvgIpc) is 3.14. The van der Waals surface area contributed by atoms with E-state index in [2.05, 4.69) is 68.0 Å². The molecule has 5 heteroatoms. The number of hydrogen-bond acceptors (Lipinski definition) is 3. The highest BCUT2D eigenvalue weighted by Crippen LogP contribution is 2.10. The van der Waals surface area contributed by atoms with Crippen LogP contribution < -0.4 is 5.32 Å². The number of nitrogens with zero attached hydrogens (tertiary/aromatic N) is 3. The molecule has 1 aromatic carbocycles. The summed E-state index contributed by atoms with van der Waals surface area (Å²) in [6, 6.07) is 15.0. The van der Waals surface area contributed by atoms with Gasteiger partial charge in [0, 0.05) is 51.2 Å². The molecule has 0 bridgehead atoms. The third kappa shape index (κ3) is 4.82. The summed E-state index contributed by atoms with van der Waals surface area (Å²) in [5.74, 6) is 1.03. The molecule has 1 fully saturated rings. The molecule has 4 nitrogen and oxygen atoms in total. The smallest absolute Gasteiger partial charge is 0.193 e. The van der Waals surface area contributed by atoms with Gasteiger partial charge in [-0.1, -0.05) is 36.4 Å². The third-order valence-corrected chi connectivity index (χ3v) is 5.30. The lowest BCUT2D eigenvalue weighted by Gasteiger charge is -2.36. The highest BCUT2D eigenvalue weighted by atomic mass is 32.1. The van der Waals surface area contributed by atoms with Gasteiger partial charge in [0.15, 0.2) is 5.96 Å². The molecule has 2 heterocycles. The third-order valence-electron chi connectivity index (χ3n) is 4.37. The molecule has 0 aliphatic carbocycles. The Morgan fingerprint density at radius 1 is 1.08 bits per heavy atom. The molecule has 3 rings (SSSR count). The van der Waals surface area contributed by atoms with Crippen LogP contribution in [0.2, 0.25) is 0 Å². The fourth-order valence-electron chi connectivity index (χ4n) is 3.04. The molecule has 0 unspecified atom stereocenters. The normalized spacial score (nSPS) is 16.4. The van der Waals surface area contributed by atoms with Crippen molar-refractivity contribution in [3.8, 4) is 0 Å². The average molecular weight is 343 g/mol. The molecule has 0 radical (unpaired) electrons. The van der Waals surface area contributed by atoms with E-state index in [-0.39, 0.29) is 0 Å². The summed E-state index contributed by atoms with van der Waals surface area (Å²) >= 11 is 1.82. The van der Waals surface area contributed by atoms with Crippen molar-refractivity contribution in [2.24, 2.45) is 4.99 Å². The van der Waals surface area contributed by atoms with Crippen LogP contribution in [0.15, 0.2) is 52.8 Å². The van der Waals surface area contributed by atoms with Crippen LogP contribution in [0.1, 0.15) is 10.4 Å². The fraction of sp³-hybridized carbons (Fsp3) is 0.421. The monoisotopic (exact) mass is 342 g/mol. The highest BCUT2D eigenvalue weighted by molar-refractivity contribution is 7.09. The maximum absolute atomic E-state index is 4.46. The number of aliphatic imine (C=N–C) groups is 1. The number of benzene rings is 1. The summed E-state index contributed by atoms with van der Waals surface area (Å²) in [5.41, 5.74) is 1.39. The lowest BCUT2D eigenvalue weighted by atomic mass is 10.2. The second-order valence-electron chi connectivity index (χ2n) is 6.05. The Labute approximate surface area is 148 Å². The van der Waals surface area contributed by atoms with E-state index in [4.69, 9.17) is 0 Å². The minimum Gasteiger partial charge on any atom is -0.356 e. The van der Waals surface area contributed by atoms with Crippen LogP contribution in [0.3, 0.4) is 0 Å². The van der Waals surface area contributed by atoms with Gasteiger partial charge < -0.3 is 10.2 Å². The van der Waals surface area contributed by atoms with Crippen LogP contribution in [0.5, 0.6) is 0 Å². The zero-order valence-electron chi connectivity index (χ0n) is 14.3. The minimum absolute atomic E-state index is 0.942. The van der Waals surface area contributed by atoms with Gasteiger partial charge in [-0.2, -0.15) is 0 Å². The van der Waals surface area contributed by atoms with E-state index in [0.717, 1.165) is 51.6 Å². The zero-order valence-corrected chi connectivity index (χ0v) is 15.1. The van der Waals surface area contributed by atoms with E-state index in [9.17, 15) is 0 Å². The Morgan fingerprint density at radius 2 is 1.88 bits per heavy atom. The fourth-order valence-corrected chi connectivity index (χ4v) is 3.75. The van der Waals surface area contributed by atoms with Gasteiger partial charge in [-0.3, -0.25) is 9.89 Å². The van der Waals surface area contributed by atoms with Crippen molar-refractivity contribution in [3.63, 3.8) is 0 Å². The van der Waals surface area contributed by atoms with Gasteiger partial charge in [-0.15, -0.1) is 11.3 Å². The molecule has 0 spiro atoms. The van der Waals surface area contributed by atoms with Gasteiger partial charge in [-0.25, -0.2) is 0 Å². The molecule has 1 N–H and O–H groups in total. The van der Waals surface area contributed by atoms with E-state index < -0.39 is 0 Å². The first-order valence-corrected chi connectivity index (χ1v) is 9.47. The molecule has 0 amide bonds. The van der Waals surface area contributed by atoms with Gasteiger partial charge in [0.1, 0.15) is 0 Å². The largest absolute Gasteiger partial charge is 0.356 e. The standard InChI is InChI=1S/C19H26N4S/c1-20-19(21-10-9-18-8-5-15-24-18)23-13-11-22(12-14-23)16-17-6-3-2-4-7-17/h2-8,15H,9-14,16H2,1H3,(H,20,21). The summed E-state index contributed by atoms with van der Waals surface area (Å²) in [5, 5.41) is 5.64. The van der Waals surface area contributed by atoms with Gasteiger partial charge >= 0.3 is 0 Å². The second-order valence-corrected chi connectivity index (χ2v) is 7.08. The summed E-state index contributed by atoms with van der Waals surface area (Å²) in [4.78, 5) is 10.8. The predicted octanol–water partition coefficient (Wildman–Crippen LogP) is 2.68. The molecule has 1 aromatic heterocycles. The van der Waals surface area contributed by atoms with E-state index >= 15 is 0 Å². The number of piperazine rings is 1. The lowest BCUT2D eigenvalue weighted by molar-refractivity contribution is 0.172. The molecule has 128 valence electrons. The maximum Gasteiger partial charge on any atom is 0.193 e. The van der Waals surface area contributed by atoms with Crippen molar-refractivity contribution < 1.29 is 0 Å². The second kappa shape index (κ2) is 8.85. The summed E-state index contributed by atoms with van der Waals surface area (Å²) in [7, 11) is 1.88. The minimum atomic E-state index is 0.942. The predicted molar refractivity (Wildman–Crippen MR) is 103 cm³/mol. The number of rotatable bonds is 5. The van der Waals surface area contributed by atoms with Gasteiger partial charge in [0.25, 0.3) is 0 Å². The van der Waals surface area contributed by atoms with Crippen molar-refractivity contribution in [3.05, 3.63) is 58.3 Å². The Morgan fingerprint density at radius 3 is 2.54 bits per heavy atom. The number of guanidine groups is 1. The van der Waals surface area contributed by atoms with E-state index in [1.165, 1.54) is 10.4 Å². The van der Waals surface area contributed by atoms with Crippen molar-refractivity contribution in [1.82, 2.24) is 15.1 Å². The number of hydrogen-bond donors (Lipinski definition) is 1. The van der Waals surface area contributed by atoms with E-state index in [1.54, 1.807) is 0 Å². The first kappa shape index (κ1) is 17.0. The molecule has 0 atom stereocenters. The summed E-state index contributed by atoms with van der Waals surface area (Å²) < 4.78 is 0. The Bertz CT molecular complexity index is 616. The van der Waals surface area contributed by atoms with Crippen LogP contribution >= 0.6 is 11.3 Å². The molecule has 2 aromatic rings. The summed E-state index contributed by atoms with van der Waals surface area (Å²) in [6.07, 6.45) is 1.06. The lowest BCUT2D eigenvalue weighted by Crippen LogP contribution is -2.52. The van der Waals surface area contributed by atoms with Crippen molar-refractivity contribution >= 4 is 17.3 Å². The Kier molecular flexibility index (Phi) is 6.26. The van der Waals surface area contributed by atoms with Gasteiger partial charge in [0.05, 0.1) is 0 Å². The van der Waals surface area contributed by atoms with Crippen molar-refractivity contribution in [2.75, 3.05) is 39.8 Å². The molecule has 1 aliphatic rings. The SMILES string of the molecule is CN=C(NCCc1cccs1)N1CCN(Cc2ccccc2)CC1. The molecule has 24 heavy (non-hydrogen) atoms. The molecular weight excluding hydrogens is 316 g/mol. The summed E-state index contributed by atoms with van der Waals surface area (Å²) in [6.45, 7) is 6.22. The van der Waals surface area contributed by atoms with Crippen molar-refractivity contribution in [1.29, 1.82) is 0 Å². The van der Waals surface area contributed by atoms with Crippen LogP contribution in [0.4, 0.5) is 0 Å². The quantitative estimate of drug-likeness (QED) is 0.669. The topological polar surface area (TPSA) is 30.9 Å². The molecule has 1 aliphatic heterocycles. The molecule has 0 saturated carbocycles. The van der Waals surface area contributed by atoms with Gasteiger partial charge in [-0.05, 0) is 23.4 Å². The van der Waals surface area contributed by atoms with Crippen LogP contribution in [0, 0.1) is 0 Å². The van der Waals surface area contributed by atoms with Crippen LogP contribution in [-0.2, 0) is 13.0 Å². The molecule has 1 saturated heterocycles. The number of nitrogens with one attached hydrogen (secondary N) is 1. The maximum atomic E-state index is 4.46. The van der Waals surface area contributed by atoms with Gasteiger partial charge in [0.2, 0.25) is 0 Å². The van der Waals surface area contributed by atoms with Crippen LogP contribution in [-0.4, -0.2) is 55.5 Å².